The van der Waals surface area contributed by atoms with Crippen molar-refractivity contribution in [3.63, 3.8) is 0 Å². The van der Waals surface area contributed by atoms with E-state index in [-0.39, 0.29) is 0 Å². The van der Waals surface area contributed by atoms with Gasteiger partial charge in [0.1, 0.15) is 11.8 Å². The van der Waals surface area contributed by atoms with Gasteiger partial charge in [-0.05, 0) is 50.9 Å². The van der Waals surface area contributed by atoms with Crippen LogP contribution in [0.1, 0.15) is 24.5 Å². The first-order chi connectivity index (χ1) is 8.50. The molecule has 100 valence electrons. The smallest absolute Gasteiger partial charge is 0.320 e. The molecule has 0 aliphatic carbocycles. The standard InChI is InChI=1S/C14H21NO3/c1-10-5-6-11(2)13(9-10)18-8-4-7-15-12(3)14(16)17/h5-6,9,12,15H,4,7-8H2,1-3H3,(H,16,17)/t12-/m0/s1. The minimum Gasteiger partial charge on any atom is -0.493 e. The Morgan fingerprint density at radius 3 is 2.83 bits per heavy atom. The lowest BCUT2D eigenvalue weighted by molar-refractivity contribution is -0.139. The number of aryl methyl sites for hydroxylation is 2. The van der Waals surface area contributed by atoms with Gasteiger partial charge in [-0.2, -0.15) is 0 Å². The molecule has 0 fully saturated rings. The van der Waals surface area contributed by atoms with Crippen LogP contribution in [0, 0.1) is 13.8 Å². The lowest BCUT2D eigenvalue weighted by Gasteiger charge is -2.11. The van der Waals surface area contributed by atoms with Crippen LogP contribution >= 0.6 is 0 Å². The van der Waals surface area contributed by atoms with Crippen LogP contribution in [0.3, 0.4) is 0 Å². The molecule has 0 heterocycles. The number of aliphatic carboxylic acids is 1. The Balaban J connectivity index is 2.26. The van der Waals surface area contributed by atoms with Crippen LogP contribution < -0.4 is 10.1 Å². The molecule has 18 heavy (non-hydrogen) atoms. The summed E-state index contributed by atoms with van der Waals surface area (Å²) in [5.41, 5.74) is 2.29. The lowest BCUT2D eigenvalue weighted by atomic mass is 10.1. The maximum Gasteiger partial charge on any atom is 0.320 e. The van der Waals surface area contributed by atoms with Gasteiger partial charge in [0.05, 0.1) is 6.61 Å². The topological polar surface area (TPSA) is 58.6 Å². The molecule has 2 N–H and O–H groups in total. The molecule has 0 amide bonds. The van der Waals surface area contributed by atoms with E-state index in [0.717, 1.165) is 17.7 Å². The number of carboxylic acids is 1. The molecule has 0 spiro atoms. The molecule has 1 atom stereocenters. The fourth-order valence-corrected chi connectivity index (χ4v) is 1.52. The molecule has 0 unspecified atom stereocenters. The Labute approximate surface area is 108 Å². The Kier molecular flexibility index (Phi) is 5.65. The minimum absolute atomic E-state index is 0.509. The van der Waals surface area contributed by atoms with Crippen molar-refractivity contribution in [3.05, 3.63) is 29.3 Å². The fraction of sp³-hybridized carbons (Fsp3) is 0.500. The summed E-state index contributed by atoms with van der Waals surface area (Å²) >= 11 is 0. The first-order valence-electron chi connectivity index (χ1n) is 6.17. The average molecular weight is 251 g/mol. The summed E-state index contributed by atoms with van der Waals surface area (Å²) in [5, 5.41) is 11.6. The Morgan fingerprint density at radius 2 is 2.17 bits per heavy atom. The summed E-state index contributed by atoms with van der Waals surface area (Å²) in [7, 11) is 0. The molecule has 4 heteroatoms. The summed E-state index contributed by atoms with van der Waals surface area (Å²) in [5.74, 6) is 0.0757. The van der Waals surface area contributed by atoms with Gasteiger partial charge in [0.15, 0.2) is 0 Å². The molecular weight excluding hydrogens is 230 g/mol. The van der Waals surface area contributed by atoms with E-state index >= 15 is 0 Å². The maximum atomic E-state index is 10.6. The Morgan fingerprint density at radius 1 is 1.44 bits per heavy atom. The van der Waals surface area contributed by atoms with Crippen molar-refractivity contribution in [1.82, 2.24) is 5.32 Å². The number of ether oxygens (including phenoxy) is 1. The highest BCUT2D eigenvalue weighted by atomic mass is 16.5. The number of hydrogen-bond donors (Lipinski definition) is 2. The van der Waals surface area contributed by atoms with Crippen molar-refractivity contribution in [1.29, 1.82) is 0 Å². The van der Waals surface area contributed by atoms with Gasteiger partial charge >= 0.3 is 5.97 Å². The van der Waals surface area contributed by atoms with Crippen LogP contribution in [0.5, 0.6) is 5.75 Å². The molecule has 4 nitrogen and oxygen atoms in total. The molecule has 0 aliphatic rings. The van der Waals surface area contributed by atoms with Crippen LogP contribution in [0.15, 0.2) is 18.2 Å². The van der Waals surface area contributed by atoms with Crippen molar-refractivity contribution in [2.24, 2.45) is 0 Å². The highest BCUT2D eigenvalue weighted by molar-refractivity contribution is 5.72. The van der Waals surface area contributed by atoms with Crippen LogP contribution in [0.2, 0.25) is 0 Å². The SMILES string of the molecule is Cc1ccc(C)c(OCCCN[C@@H](C)C(=O)O)c1. The van der Waals surface area contributed by atoms with E-state index in [2.05, 4.69) is 11.4 Å². The van der Waals surface area contributed by atoms with Gasteiger partial charge in [-0.1, -0.05) is 12.1 Å². The zero-order valence-electron chi connectivity index (χ0n) is 11.2. The van der Waals surface area contributed by atoms with Gasteiger partial charge < -0.3 is 15.2 Å². The molecule has 0 saturated carbocycles. The highest BCUT2D eigenvalue weighted by Gasteiger charge is 2.08. The zero-order chi connectivity index (χ0) is 13.5. The number of carbonyl (C=O) groups is 1. The van der Waals surface area contributed by atoms with Crippen LogP contribution in [0.25, 0.3) is 0 Å². The fourth-order valence-electron chi connectivity index (χ4n) is 1.52. The van der Waals surface area contributed by atoms with Crippen LogP contribution in [-0.2, 0) is 4.79 Å². The summed E-state index contributed by atoms with van der Waals surface area (Å²) in [6.45, 7) is 6.90. The van der Waals surface area contributed by atoms with Crippen molar-refractivity contribution in [3.8, 4) is 5.75 Å². The molecular formula is C14H21NO3. The van der Waals surface area contributed by atoms with Gasteiger partial charge in [0, 0.05) is 0 Å². The zero-order valence-corrected chi connectivity index (χ0v) is 11.2. The quantitative estimate of drug-likeness (QED) is 0.729. The van der Waals surface area contributed by atoms with Crippen LogP contribution in [-0.4, -0.2) is 30.3 Å². The first-order valence-corrected chi connectivity index (χ1v) is 6.17. The van der Waals surface area contributed by atoms with E-state index in [4.69, 9.17) is 9.84 Å². The highest BCUT2D eigenvalue weighted by Crippen LogP contribution is 2.18. The van der Waals surface area contributed by atoms with E-state index in [9.17, 15) is 4.79 Å². The van der Waals surface area contributed by atoms with E-state index in [1.165, 1.54) is 5.56 Å². The van der Waals surface area contributed by atoms with E-state index in [1.54, 1.807) is 6.92 Å². The molecule has 0 saturated heterocycles. The van der Waals surface area contributed by atoms with Gasteiger partial charge in [-0.25, -0.2) is 0 Å². The molecule has 0 aromatic heterocycles. The maximum absolute atomic E-state index is 10.6. The normalized spacial score (nSPS) is 12.2. The van der Waals surface area contributed by atoms with Crippen molar-refractivity contribution in [2.75, 3.05) is 13.2 Å². The van der Waals surface area contributed by atoms with Crippen molar-refractivity contribution >= 4 is 5.97 Å². The monoisotopic (exact) mass is 251 g/mol. The summed E-state index contributed by atoms with van der Waals surface area (Å²) in [4.78, 5) is 10.6. The molecule has 1 aromatic rings. The third kappa shape index (κ3) is 4.75. The molecule has 0 aliphatic heterocycles. The largest absolute Gasteiger partial charge is 0.493 e. The number of benzene rings is 1. The van der Waals surface area contributed by atoms with Gasteiger partial charge in [0.25, 0.3) is 0 Å². The number of hydrogen-bond acceptors (Lipinski definition) is 3. The second-order valence-corrected chi connectivity index (χ2v) is 4.49. The predicted molar refractivity (Wildman–Crippen MR) is 71.1 cm³/mol. The van der Waals surface area contributed by atoms with Crippen LogP contribution in [0.4, 0.5) is 0 Å². The average Bonchev–Trinajstić information content (AvgIpc) is 2.32. The number of rotatable bonds is 7. The number of nitrogens with one attached hydrogen (secondary N) is 1. The summed E-state index contributed by atoms with van der Waals surface area (Å²) in [6.07, 6.45) is 0.783. The Hall–Kier alpha value is -1.55. The molecule has 0 radical (unpaired) electrons. The second kappa shape index (κ2) is 7.01. The third-order valence-electron chi connectivity index (χ3n) is 2.74. The van der Waals surface area contributed by atoms with E-state index in [1.807, 2.05) is 26.0 Å². The predicted octanol–water partition coefficient (Wildman–Crippen LogP) is 2.14. The van der Waals surface area contributed by atoms with Gasteiger partial charge in [0.2, 0.25) is 0 Å². The van der Waals surface area contributed by atoms with Gasteiger partial charge in [-0.15, -0.1) is 0 Å². The lowest BCUT2D eigenvalue weighted by Crippen LogP contribution is -2.34. The van der Waals surface area contributed by atoms with Crippen molar-refractivity contribution in [2.45, 2.75) is 33.2 Å². The molecule has 0 bridgehead atoms. The second-order valence-electron chi connectivity index (χ2n) is 4.49. The first kappa shape index (κ1) is 14.5. The third-order valence-corrected chi connectivity index (χ3v) is 2.74. The summed E-state index contributed by atoms with van der Waals surface area (Å²) < 4.78 is 5.67. The van der Waals surface area contributed by atoms with Crippen molar-refractivity contribution < 1.29 is 14.6 Å². The minimum atomic E-state index is -0.828. The van der Waals surface area contributed by atoms with E-state index in [0.29, 0.717) is 13.2 Å². The van der Waals surface area contributed by atoms with E-state index < -0.39 is 12.0 Å². The molecule has 1 aromatic carbocycles. The summed E-state index contributed by atoms with van der Waals surface area (Å²) in [6, 6.07) is 5.60. The molecule has 1 rings (SSSR count). The Bertz CT molecular complexity index is 404. The number of carboxylic acid groups (broad SMARTS) is 1. The van der Waals surface area contributed by atoms with Gasteiger partial charge in [-0.3, -0.25) is 4.79 Å².